The lowest BCUT2D eigenvalue weighted by atomic mass is 10.1. The van der Waals surface area contributed by atoms with Gasteiger partial charge in [-0.25, -0.2) is 0 Å². The molecule has 1 heteroatoms. The third kappa shape index (κ3) is 2.89. The standard InChI is InChI=1S/C11H15N/c1-2-11(12)9-8-10-6-4-3-5-7-10/h2-7,11H,1,8-9,12H2. The van der Waals surface area contributed by atoms with Crippen LogP contribution in [-0.2, 0) is 6.42 Å². The molecular weight excluding hydrogens is 146 g/mol. The smallest absolute Gasteiger partial charge is 0.0224 e. The maximum Gasteiger partial charge on any atom is 0.0224 e. The largest absolute Gasteiger partial charge is 0.324 e. The van der Waals surface area contributed by atoms with E-state index in [2.05, 4.69) is 30.8 Å². The van der Waals surface area contributed by atoms with Crippen molar-refractivity contribution in [2.24, 2.45) is 5.73 Å². The zero-order valence-corrected chi connectivity index (χ0v) is 7.24. The van der Waals surface area contributed by atoms with E-state index in [0.717, 1.165) is 12.8 Å². The van der Waals surface area contributed by atoms with Gasteiger partial charge in [-0.3, -0.25) is 0 Å². The Morgan fingerprint density at radius 1 is 1.33 bits per heavy atom. The minimum absolute atomic E-state index is 0.130. The minimum atomic E-state index is 0.130. The topological polar surface area (TPSA) is 26.0 Å². The third-order valence-corrected chi connectivity index (χ3v) is 1.91. The Morgan fingerprint density at radius 3 is 2.58 bits per heavy atom. The molecule has 0 aromatic heterocycles. The van der Waals surface area contributed by atoms with Gasteiger partial charge in [0.15, 0.2) is 0 Å². The second kappa shape index (κ2) is 4.73. The van der Waals surface area contributed by atoms with Crippen LogP contribution in [-0.4, -0.2) is 6.04 Å². The number of benzene rings is 1. The highest BCUT2D eigenvalue weighted by Gasteiger charge is 1.96. The molecule has 64 valence electrons. The van der Waals surface area contributed by atoms with Gasteiger partial charge in [-0.2, -0.15) is 0 Å². The predicted molar refractivity (Wildman–Crippen MR) is 52.9 cm³/mol. The summed E-state index contributed by atoms with van der Waals surface area (Å²) in [5.74, 6) is 0. The van der Waals surface area contributed by atoms with Gasteiger partial charge >= 0.3 is 0 Å². The first-order valence-electron chi connectivity index (χ1n) is 4.25. The van der Waals surface area contributed by atoms with Crippen LogP contribution >= 0.6 is 0 Å². The molecule has 1 aromatic carbocycles. The molecule has 1 unspecified atom stereocenters. The van der Waals surface area contributed by atoms with Crippen LogP contribution < -0.4 is 5.73 Å². The van der Waals surface area contributed by atoms with Crippen molar-refractivity contribution >= 4 is 0 Å². The molecule has 0 amide bonds. The van der Waals surface area contributed by atoms with E-state index in [1.54, 1.807) is 6.08 Å². The first kappa shape index (κ1) is 9.01. The molecule has 0 aliphatic rings. The highest BCUT2D eigenvalue weighted by Crippen LogP contribution is 2.03. The predicted octanol–water partition coefficient (Wildman–Crippen LogP) is 2.13. The summed E-state index contributed by atoms with van der Waals surface area (Å²) >= 11 is 0. The van der Waals surface area contributed by atoms with Crippen LogP contribution in [0.4, 0.5) is 0 Å². The van der Waals surface area contributed by atoms with Crippen molar-refractivity contribution in [2.45, 2.75) is 18.9 Å². The molecule has 12 heavy (non-hydrogen) atoms. The van der Waals surface area contributed by atoms with Crippen LogP contribution in [0.1, 0.15) is 12.0 Å². The highest BCUT2D eigenvalue weighted by atomic mass is 14.6. The molecule has 1 atom stereocenters. The van der Waals surface area contributed by atoms with Gasteiger partial charge in [0.2, 0.25) is 0 Å². The van der Waals surface area contributed by atoms with Gasteiger partial charge in [0.05, 0.1) is 0 Å². The molecule has 0 aliphatic carbocycles. The van der Waals surface area contributed by atoms with Gasteiger partial charge < -0.3 is 5.73 Å². The Kier molecular flexibility index (Phi) is 3.55. The van der Waals surface area contributed by atoms with Crippen molar-refractivity contribution < 1.29 is 0 Å². The van der Waals surface area contributed by atoms with E-state index in [4.69, 9.17) is 5.73 Å². The van der Waals surface area contributed by atoms with Crippen LogP contribution in [0, 0.1) is 0 Å². The fourth-order valence-corrected chi connectivity index (χ4v) is 1.10. The molecule has 0 radical (unpaired) electrons. The molecule has 0 heterocycles. The van der Waals surface area contributed by atoms with Crippen molar-refractivity contribution in [1.29, 1.82) is 0 Å². The maximum absolute atomic E-state index is 5.70. The first-order valence-corrected chi connectivity index (χ1v) is 4.25. The number of hydrogen-bond donors (Lipinski definition) is 1. The summed E-state index contributed by atoms with van der Waals surface area (Å²) < 4.78 is 0. The van der Waals surface area contributed by atoms with Gasteiger partial charge in [0.25, 0.3) is 0 Å². The van der Waals surface area contributed by atoms with E-state index in [0.29, 0.717) is 0 Å². The second-order valence-electron chi connectivity index (χ2n) is 2.92. The zero-order valence-electron chi connectivity index (χ0n) is 7.24. The summed E-state index contributed by atoms with van der Waals surface area (Å²) in [4.78, 5) is 0. The fourth-order valence-electron chi connectivity index (χ4n) is 1.10. The molecule has 1 rings (SSSR count). The third-order valence-electron chi connectivity index (χ3n) is 1.91. The van der Waals surface area contributed by atoms with Crippen LogP contribution in [0.2, 0.25) is 0 Å². The monoisotopic (exact) mass is 161 g/mol. The van der Waals surface area contributed by atoms with Crippen molar-refractivity contribution in [1.82, 2.24) is 0 Å². The Balaban J connectivity index is 2.38. The van der Waals surface area contributed by atoms with Crippen molar-refractivity contribution in [2.75, 3.05) is 0 Å². The summed E-state index contributed by atoms with van der Waals surface area (Å²) in [6, 6.07) is 10.5. The fraction of sp³-hybridized carbons (Fsp3) is 0.273. The Hall–Kier alpha value is -1.08. The number of aryl methyl sites for hydroxylation is 1. The van der Waals surface area contributed by atoms with Crippen LogP contribution in [0.25, 0.3) is 0 Å². The Labute approximate surface area is 73.9 Å². The average molecular weight is 161 g/mol. The van der Waals surface area contributed by atoms with Crippen molar-refractivity contribution in [3.05, 3.63) is 48.6 Å². The van der Waals surface area contributed by atoms with Gasteiger partial charge in [-0.1, -0.05) is 36.4 Å². The summed E-state index contributed by atoms with van der Waals surface area (Å²) in [6.45, 7) is 3.65. The lowest BCUT2D eigenvalue weighted by molar-refractivity contribution is 0.722. The highest BCUT2D eigenvalue weighted by molar-refractivity contribution is 5.14. The van der Waals surface area contributed by atoms with Gasteiger partial charge in [0.1, 0.15) is 0 Å². The van der Waals surface area contributed by atoms with E-state index in [1.807, 2.05) is 6.07 Å². The minimum Gasteiger partial charge on any atom is -0.324 e. The molecule has 0 saturated carbocycles. The van der Waals surface area contributed by atoms with E-state index in [-0.39, 0.29) is 6.04 Å². The van der Waals surface area contributed by atoms with Crippen molar-refractivity contribution in [3.8, 4) is 0 Å². The normalized spacial score (nSPS) is 12.4. The van der Waals surface area contributed by atoms with Crippen molar-refractivity contribution in [3.63, 3.8) is 0 Å². The van der Waals surface area contributed by atoms with Crippen LogP contribution in [0.15, 0.2) is 43.0 Å². The van der Waals surface area contributed by atoms with Gasteiger partial charge in [0, 0.05) is 6.04 Å². The first-order chi connectivity index (χ1) is 5.83. The quantitative estimate of drug-likeness (QED) is 0.673. The molecule has 0 aliphatic heterocycles. The second-order valence-corrected chi connectivity index (χ2v) is 2.92. The number of hydrogen-bond acceptors (Lipinski definition) is 1. The summed E-state index contributed by atoms with van der Waals surface area (Å²) in [5, 5.41) is 0. The molecule has 0 fully saturated rings. The Bertz CT molecular complexity index is 228. The van der Waals surface area contributed by atoms with E-state index in [1.165, 1.54) is 5.56 Å². The molecular formula is C11H15N. The van der Waals surface area contributed by atoms with E-state index in [9.17, 15) is 0 Å². The van der Waals surface area contributed by atoms with Gasteiger partial charge in [-0.05, 0) is 18.4 Å². The van der Waals surface area contributed by atoms with E-state index < -0.39 is 0 Å². The molecule has 0 bridgehead atoms. The molecule has 1 aromatic rings. The lowest BCUT2D eigenvalue weighted by Crippen LogP contribution is -2.16. The summed E-state index contributed by atoms with van der Waals surface area (Å²) in [7, 11) is 0. The van der Waals surface area contributed by atoms with Crippen LogP contribution in [0.5, 0.6) is 0 Å². The molecule has 1 nitrogen and oxygen atoms in total. The SMILES string of the molecule is C=CC(N)CCc1ccccc1. The molecule has 0 spiro atoms. The summed E-state index contributed by atoms with van der Waals surface area (Å²) in [5.41, 5.74) is 7.05. The summed E-state index contributed by atoms with van der Waals surface area (Å²) in [6.07, 6.45) is 3.81. The number of rotatable bonds is 4. The lowest BCUT2D eigenvalue weighted by Gasteiger charge is -2.04. The average Bonchev–Trinajstić information content (AvgIpc) is 2.16. The van der Waals surface area contributed by atoms with E-state index >= 15 is 0 Å². The zero-order chi connectivity index (χ0) is 8.81. The maximum atomic E-state index is 5.70. The Morgan fingerprint density at radius 2 is 2.00 bits per heavy atom. The van der Waals surface area contributed by atoms with Crippen LogP contribution in [0.3, 0.4) is 0 Å². The van der Waals surface area contributed by atoms with Gasteiger partial charge in [-0.15, -0.1) is 6.58 Å². The molecule has 2 N–H and O–H groups in total. The molecule has 0 saturated heterocycles. The number of nitrogens with two attached hydrogens (primary N) is 1.